The molecular weight excluding hydrogens is 184 g/mol. The minimum absolute atomic E-state index is 0.560. The minimum atomic E-state index is 0.560. The van der Waals surface area contributed by atoms with E-state index in [-0.39, 0.29) is 0 Å². The van der Waals surface area contributed by atoms with E-state index in [1.807, 2.05) is 12.3 Å². The van der Waals surface area contributed by atoms with Crippen molar-refractivity contribution >= 4 is 22.6 Å². The molecule has 0 saturated carbocycles. The Bertz CT molecular complexity index is 420. The van der Waals surface area contributed by atoms with E-state index in [0.717, 1.165) is 23.9 Å². The molecular formula is C10H11ClN2. The van der Waals surface area contributed by atoms with Crippen LogP contribution in [-0.4, -0.2) is 9.97 Å². The maximum atomic E-state index is 5.82. The molecule has 0 aliphatic rings. The molecule has 13 heavy (non-hydrogen) atoms. The molecule has 2 rings (SSSR count). The summed E-state index contributed by atoms with van der Waals surface area (Å²) in [6.45, 7) is 2.16. The summed E-state index contributed by atoms with van der Waals surface area (Å²) in [6.07, 6.45) is 4.19. The number of H-pyrrole nitrogens is 1. The van der Waals surface area contributed by atoms with Crippen LogP contribution in [-0.2, 0) is 6.42 Å². The standard InChI is InChI=1S/C10H11ClN2/c1-2-3-7-6-12-8-4-5-9(11)13-10(7)8/h4-6,12H,2-3H2,1H3. The Morgan fingerprint density at radius 2 is 2.31 bits per heavy atom. The number of fused-ring (bicyclic) bond motifs is 1. The third-order valence-corrected chi connectivity index (χ3v) is 2.30. The smallest absolute Gasteiger partial charge is 0.129 e. The Balaban J connectivity index is 2.58. The number of hydrogen-bond donors (Lipinski definition) is 1. The Morgan fingerprint density at radius 3 is 3.08 bits per heavy atom. The molecule has 0 bridgehead atoms. The van der Waals surface area contributed by atoms with Crippen molar-refractivity contribution in [2.75, 3.05) is 0 Å². The van der Waals surface area contributed by atoms with Gasteiger partial charge in [0.05, 0.1) is 11.0 Å². The number of aryl methyl sites for hydroxylation is 1. The van der Waals surface area contributed by atoms with Gasteiger partial charge in [0, 0.05) is 6.20 Å². The van der Waals surface area contributed by atoms with Crippen molar-refractivity contribution in [1.29, 1.82) is 0 Å². The van der Waals surface area contributed by atoms with Crippen molar-refractivity contribution < 1.29 is 0 Å². The molecule has 2 heterocycles. The van der Waals surface area contributed by atoms with E-state index in [4.69, 9.17) is 11.6 Å². The van der Waals surface area contributed by atoms with Gasteiger partial charge in [-0.1, -0.05) is 24.9 Å². The lowest BCUT2D eigenvalue weighted by atomic mass is 10.2. The van der Waals surface area contributed by atoms with Gasteiger partial charge in [0.25, 0.3) is 0 Å². The lowest BCUT2D eigenvalue weighted by molar-refractivity contribution is 0.926. The summed E-state index contributed by atoms with van der Waals surface area (Å²) in [4.78, 5) is 7.47. The average Bonchev–Trinajstić information content (AvgIpc) is 2.49. The highest BCUT2D eigenvalue weighted by Gasteiger charge is 2.03. The van der Waals surface area contributed by atoms with Crippen molar-refractivity contribution in [1.82, 2.24) is 9.97 Å². The molecule has 0 amide bonds. The second-order valence-electron chi connectivity index (χ2n) is 3.09. The molecule has 68 valence electrons. The predicted molar refractivity (Wildman–Crippen MR) is 55.1 cm³/mol. The SMILES string of the molecule is CCCc1c[nH]c2ccc(Cl)nc12. The zero-order chi connectivity index (χ0) is 9.26. The van der Waals surface area contributed by atoms with Crippen molar-refractivity contribution in [3.8, 4) is 0 Å². The van der Waals surface area contributed by atoms with E-state index < -0.39 is 0 Å². The van der Waals surface area contributed by atoms with Gasteiger partial charge in [-0.3, -0.25) is 0 Å². The van der Waals surface area contributed by atoms with Gasteiger partial charge in [-0.15, -0.1) is 0 Å². The predicted octanol–water partition coefficient (Wildman–Crippen LogP) is 3.17. The first-order valence-electron chi connectivity index (χ1n) is 4.43. The van der Waals surface area contributed by atoms with Gasteiger partial charge in [0.1, 0.15) is 5.15 Å². The molecule has 0 spiro atoms. The minimum Gasteiger partial charge on any atom is -0.360 e. The topological polar surface area (TPSA) is 28.7 Å². The number of aromatic nitrogens is 2. The van der Waals surface area contributed by atoms with Gasteiger partial charge in [-0.05, 0) is 24.1 Å². The number of rotatable bonds is 2. The number of pyridine rings is 1. The van der Waals surface area contributed by atoms with Crippen molar-refractivity contribution in [2.24, 2.45) is 0 Å². The van der Waals surface area contributed by atoms with Crippen LogP contribution in [0.4, 0.5) is 0 Å². The monoisotopic (exact) mass is 194 g/mol. The third kappa shape index (κ3) is 1.54. The first kappa shape index (κ1) is 8.57. The Labute approximate surface area is 81.9 Å². The Morgan fingerprint density at radius 1 is 1.46 bits per heavy atom. The van der Waals surface area contributed by atoms with Crippen molar-refractivity contribution in [3.63, 3.8) is 0 Å². The molecule has 0 atom stereocenters. The largest absolute Gasteiger partial charge is 0.360 e. The van der Waals surface area contributed by atoms with Crippen molar-refractivity contribution in [3.05, 3.63) is 29.0 Å². The molecule has 0 saturated heterocycles. The summed E-state index contributed by atoms with van der Waals surface area (Å²) >= 11 is 5.82. The first-order valence-corrected chi connectivity index (χ1v) is 4.81. The van der Waals surface area contributed by atoms with Crippen LogP contribution >= 0.6 is 11.6 Å². The first-order chi connectivity index (χ1) is 6.31. The fourth-order valence-electron chi connectivity index (χ4n) is 1.49. The average molecular weight is 195 g/mol. The lowest BCUT2D eigenvalue weighted by Gasteiger charge is -1.94. The quantitative estimate of drug-likeness (QED) is 0.731. The lowest BCUT2D eigenvalue weighted by Crippen LogP contribution is -1.82. The Kier molecular flexibility index (Phi) is 2.23. The van der Waals surface area contributed by atoms with Gasteiger partial charge < -0.3 is 4.98 Å². The molecule has 0 aliphatic heterocycles. The summed E-state index contributed by atoms with van der Waals surface area (Å²) < 4.78 is 0. The molecule has 0 radical (unpaired) electrons. The van der Waals surface area contributed by atoms with Crippen LogP contribution in [0.5, 0.6) is 0 Å². The highest BCUT2D eigenvalue weighted by molar-refractivity contribution is 6.29. The molecule has 2 nitrogen and oxygen atoms in total. The molecule has 2 aromatic heterocycles. The maximum Gasteiger partial charge on any atom is 0.129 e. The number of aromatic amines is 1. The number of hydrogen-bond acceptors (Lipinski definition) is 1. The van der Waals surface area contributed by atoms with Crippen molar-refractivity contribution in [2.45, 2.75) is 19.8 Å². The fraction of sp³-hybridized carbons (Fsp3) is 0.300. The summed E-state index contributed by atoms with van der Waals surface area (Å²) in [5, 5.41) is 0.560. The van der Waals surface area contributed by atoms with Crippen LogP contribution in [0.2, 0.25) is 5.15 Å². The highest BCUT2D eigenvalue weighted by Crippen LogP contribution is 2.19. The fourth-order valence-corrected chi connectivity index (χ4v) is 1.64. The molecule has 0 aromatic carbocycles. The summed E-state index contributed by atoms with van der Waals surface area (Å²) in [5.41, 5.74) is 3.32. The van der Waals surface area contributed by atoms with Gasteiger partial charge >= 0.3 is 0 Å². The summed E-state index contributed by atoms with van der Waals surface area (Å²) in [6, 6.07) is 3.76. The van der Waals surface area contributed by atoms with Crippen LogP contribution < -0.4 is 0 Å². The zero-order valence-corrected chi connectivity index (χ0v) is 8.23. The molecule has 0 unspecified atom stereocenters. The van der Waals surface area contributed by atoms with Gasteiger partial charge in [-0.25, -0.2) is 4.98 Å². The van der Waals surface area contributed by atoms with Crippen LogP contribution in [0.3, 0.4) is 0 Å². The Hall–Kier alpha value is -1.02. The van der Waals surface area contributed by atoms with E-state index in [1.165, 1.54) is 5.56 Å². The molecule has 1 N–H and O–H groups in total. The van der Waals surface area contributed by atoms with Gasteiger partial charge in [0.2, 0.25) is 0 Å². The molecule has 2 aromatic rings. The van der Waals surface area contributed by atoms with Crippen LogP contribution in [0, 0.1) is 0 Å². The van der Waals surface area contributed by atoms with E-state index in [1.54, 1.807) is 6.07 Å². The van der Waals surface area contributed by atoms with E-state index in [2.05, 4.69) is 16.9 Å². The van der Waals surface area contributed by atoms with E-state index in [9.17, 15) is 0 Å². The second-order valence-corrected chi connectivity index (χ2v) is 3.48. The third-order valence-electron chi connectivity index (χ3n) is 2.09. The van der Waals surface area contributed by atoms with Gasteiger partial charge in [-0.2, -0.15) is 0 Å². The molecule has 0 aliphatic carbocycles. The molecule has 3 heteroatoms. The summed E-state index contributed by atoms with van der Waals surface area (Å²) in [7, 11) is 0. The number of halogens is 1. The zero-order valence-electron chi connectivity index (χ0n) is 7.47. The van der Waals surface area contributed by atoms with Crippen LogP contribution in [0.25, 0.3) is 11.0 Å². The highest BCUT2D eigenvalue weighted by atomic mass is 35.5. The van der Waals surface area contributed by atoms with E-state index >= 15 is 0 Å². The maximum absolute atomic E-state index is 5.82. The second kappa shape index (κ2) is 3.38. The molecule has 0 fully saturated rings. The van der Waals surface area contributed by atoms with Crippen LogP contribution in [0.1, 0.15) is 18.9 Å². The van der Waals surface area contributed by atoms with Crippen LogP contribution in [0.15, 0.2) is 18.3 Å². The van der Waals surface area contributed by atoms with Gasteiger partial charge in [0.15, 0.2) is 0 Å². The summed E-state index contributed by atoms with van der Waals surface area (Å²) in [5.74, 6) is 0. The number of nitrogens with zero attached hydrogens (tertiary/aromatic N) is 1. The number of nitrogens with one attached hydrogen (secondary N) is 1. The van der Waals surface area contributed by atoms with E-state index in [0.29, 0.717) is 5.15 Å². The normalized spacial score (nSPS) is 10.9.